The Labute approximate surface area is 291 Å². The second-order valence-corrected chi connectivity index (χ2v) is 13.4. The Morgan fingerprint density at radius 1 is 0.900 bits per heavy atom. The molecule has 4 aliphatic rings. The molecule has 0 radical (unpaired) electrons. The number of carbonyl (C=O) groups excluding carboxylic acids is 4. The van der Waals surface area contributed by atoms with Crippen LogP contribution in [0.2, 0.25) is 0 Å². The van der Waals surface area contributed by atoms with Crippen LogP contribution in [0.3, 0.4) is 0 Å². The molecule has 0 saturated carbocycles. The van der Waals surface area contributed by atoms with Crippen molar-refractivity contribution in [2.45, 2.75) is 56.5 Å². The van der Waals surface area contributed by atoms with E-state index in [9.17, 15) is 14.7 Å². The third-order valence-corrected chi connectivity index (χ3v) is 10.4. The lowest BCUT2D eigenvalue weighted by Crippen LogP contribution is -2.56. The average molecular weight is 676 g/mol. The number of benzene rings is 3. The van der Waals surface area contributed by atoms with Crippen LogP contribution in [-0.2, 0) is 28.7 Å². The smallest absolute Gasteiger partial charge is 0.306 e. The van der Waals surface area contributed by atoms with Crippen LogP contribution in [0.4, 0.5) is 5.69 Å². The van der Waals surface area contributed by atoms with Crippen LogP contribution >= 0.6 is 0 Å². The molecule has 2 fully saturated rings. The number of amides is 3. The summed E-state index contributed by atoms with van der Waals surface area (Å²) in [7, 11) is 0. The Morgan fingerprint density at radius 3 is 2.30 bits per heavy atom. The predicted molar refractivity (Wildman–Crippen MR) is 186 cm³/mol. The van der Waals surface area contributed by atoms with Crippen molar-refractivity contribution in [1.29, 1.82) is 0 Å². The standard InChI is InChI=1S/C40H41N3O7/c1-25-13-11-14-26(2)35(25)42-22-12-21-40-34(38(47)43(36(40)39(42)48)30(23-44)28-17-7-4-8-18-28)33-31(50-40)19-9-10-20-32(45)49-24-29(41-37(33)46)27-15-5-3-6-16-27/h3-9,11-19,21,29-31,33-34,36,44H,10,20,22-24H2,1-2H3,(H,41,46)/b19-9-/t29-,30-,31+,33-,34-,36+,40-/m1/s1. The van der Waals surface area contributed by atoms with Gasteiger partial charge in [-0.15, -0.1) is 0 Å². The Kier molecular flexibility index (Phi) is 9.15. The number of likely N-dealkylation sites (tertiary alicyclic amines) is 1. The summed E-state index contributed by atoms with van der Waals surface area (Å²) >= 11 is 0. The molecule has 50 heavy (non-hydrogen) atoms. The first kappa shape index (κ1) is 33.4. The molecule has 2 saturated heterocycles. The second kappa shape index (κ2) is 13.7. The molecule has 3 aromatic carbocycles. The number of anilines is 1. The number of aryl methyl sites for hydroxylation is 2. The first-order valence-corrected chi connectivity index (χ1v) is 17.1. The molecule has 7 rings (SSSR count). The lowest BCUT2D eigenvalue weighted by Gasteiger charge is -2.39. The summed E-state index contributed by atoms with van der Waals surface area (Å²) in [6.45, 7) is 3.58. The van der Waals surface area contributed by atoms with E-state index in [1.807, 2.05) is 98.8 Å². The summed E-state index contributed by atoms with van der Waals surface area (Å²) in [5.41, 5.74) is 2.40. The Morgan fingerprint density at radius 2 is 1.60 bits per heavy atom. The maximum absolute atomic E-state index is 15.1. The number of aliphatic hydroxyl groups is 1. The van der Waals surface area contributed by atoms with E-state index in [2.05, 4.69) is 5.32 Å². The average Bonchev–Trinajstić information content (AvgIpc) is 3.51. The van der Waals surface area contributed by atoms with Crippen LogP contribution in [-0.4, -0.2) is 71.2 Å². The van der Waals surface area contributed by atoms with Gasteiger partial charge in [-0.05, 0) is 42.5 Å². The number of nitrogens with one attached hydrogen (secondary N) is 1. The number of ether oxygens (including phenoxy) is 2. The fourth-order valence-corrected chi connectivity index (χ4v) is 8.17. The molecule has 3 aromatic rings. The number of esters is 1. The van der Waals surface area contributed by atoms with E-state index in [1.54, 1.807) is 23.1 Å². The van der Waals surface area contributed by atoms with E-state index >= 15 is 9.59 Å². The molecule has 0 unspecified atom stereocenters. The van der Waals surface area contributed by atoms with Crippen molar-refractivity contribution in [2.75, 3.05) is 24.7 Å². The molecule has 1 spiro atoms. The van der Waals surface area contributed by atoms with Crippen LogP contribution in [0.1, 0.15) is 47.2 Å². The summed E-state index contributed by atoms with van der Waals surface area (Å²) in [4.78, 5) is 60.5. The number of hydrogen-bond acceptors (Lipinski definition) is 7. The lowest BCUT2D eigenvalue weighted by atomic mass is 9.77. The van der Waals surface area contributed by atoms with E-state index in [4.69, 9.17) is 9.47 Å². The number of cyclic esters (lactones) is 1. The summed E-state index contributed by atoms with van der Waals surface area (Å²) in [5.74, 6) is -3.80. The topological polar surface area (TPSA) is 125 Å². The number of nitrogens with zero attached hydrogens (tertiary/aromatic N) is 2. The molecular formula is C40H41N3O7. The summed E-state index contributed by atoms with van der Waals surface area (Å²) < 4.78 is 12.5. The van der Waals surface area contributed by atoms with Gasteiger partial charge in [0.1, 0.15) is 18.2 Å². The highest BCUT2D eigenvalue weighted by atomic mass is 16.5. The highest BCUT2D eigenvalue weighted by molar-refractivity contribution is 6.06. The highest BCUT2D eigenvalue weighted by Gasteiger charge is 2.72. The van der Waals surface area contributed by atoms with Gasteiger partial charge in [0.25, 0.3) is 5.91 Å². The molecule has 4 aliphatic heterocycles. The number of aliphatic hydroxyl groups excluding tert-OH is 1. The van der Waals surface area contributed by atoms with E-state index in [0.717, 1.165) is 22.4 Å². The molecule has 7 atom stereocenters. The van der Waals surface area contributed by atoms with Gasteiger partial charge in [0.15, 0.2) is 0 Å². The van der Waals surface area contributed by atoms with Gasteiger partial charge < -0.3 is 29.7 Å². The van der Waals surface area contributed by atoms with Crippen molar-refractivity contribution >= 4 is 29.4 Å². The van der Waals surface area contributed by atoms with E-state index in [-0.39, 0.29) is 25.5 Å². The molecular weight excluding hydrogens is 634 g/mol. The summed E-state index contributed by atoms with van der Waals surface area (Å²) in [6, 6.07) is 21.4. The van der Waals surface area contributed by atoms with Crippen LogP contribution in [0.5, 0.6) is 0 Å². The van der Waals surface area contributed by atoms with Crippen molar-refractivity contribution in [2.24, 2.45) is 11.8 Å². The molecule has 0 aromatic heterocycles. The van der Waals surface area contributed by atoms with Gasteiger partial charge in [-0.2, -0.15) is 0 Å². The minimum atomic E-state index is -1.53. The van der Waals surface area contributed by atoms with Gasteiger partial charge in [-0.3, -0.25) is 19.2 Å². The van der Waals surface area contributed by atoms with Gasteiger partial charge in [0.05, 0.1) is 36.6 Å². The van der Waals surface area contributed by atoms with Crippen LogP contribution in [0.15, 0.2) is 103 Å². The zero-order valence-corrected chi connectivity index (χ0v) is 28.1. The van der Waals surface area contributed by atoms with Gasteiger partial charge in [-0.25, -0.2) is 0 Å². The number of hydrogen-bond donors (Lipinski definition) is 2. The Balaban J connectivity index is 1.37. The van der Waals surface area contributed by atoms with E-state index < -0.39 is 66.1 Å². The zero-order chi connectivity index (χ0) is 35.0. The van der Waals surface area contributed by atoms with Gasteiger partial charge in [0.2, 0.25) is 11.8 Å². The maximum atomic E-state index is 15.1. The van der Waals surface area contributed by atoms with Crippen molar-refractivity contribution in [1.82, 2.24) is 10.2 Å². The van der Waals surface area contributed by atoms with Crippen molar-refractivity contribution in [3.63, 3.8) is 0 Å². The monoisotopic (exact) mass is 675 g/mol. The van der Waals surface area contributed by atoms with Crippen LogP contribution in [0, 0.1) is 25.7 Å². The van der Waals surface area contributed by atoms with Gasteiger partial charge >= 0.3 is 5.97 Å². The second-order valence-electron chi connectivity index (χ2n) is 13.4. The maximum Gasteiger partial charge on any atom is 0.306 e. The minimum absolute atomic E-state index is 0.0846. The fourth-order valence-electron chi connectivity index (χ4n) is 8.17. The van der Waals surface area contributed by atoms with Gasteiger partial charge in [-0.1, -0.05) is 103 Å². The summed E-state index contributed by atoms with van der Waals surface area (Å²) in [6.07, 6.45) is 6.73. The number of carbonyl (C=O) groups is 4. The highest BCUT2D eigenvalue weighted by Crippen LogP contribution is 2.55. The van der Waals surface area contributed by atoms with Crippen LogP contribution < -0.4 is 10.2 Å². The summed E-state index contributed by atoms with van der Waals surface area (Å²) in [5, 5.41) is 14.0. The molecule has 3 amide bonds. The zero-order valence-electron chi connectivity index (χ0n) is 28.1. The number of allylic oxidation sites excluding steroid dienone is 1. The third kappa shape index (κ3) is 5.72. The molecule has 4 heterocycles. The van der Waals surface area contributed by atoms with Crippen molar-refractivity contribution in [3.05, 3.63) is 125 Å². The largest absolute Gasteiger partial charge is 0.463 e. The molecule has 258 valence electrons. The molecule has 10 heteroatoms. The molecule has 0 bridgehead atoms. The number of fused-ring (bicyclic) bond motifs is 2. The number of rotatable bonds is 5. The van der Waals surface area contributed by atoms with Gasteiger partial charge in [0, 0.05) is 18.7 Å². The quantitative estimate of drug-likeness (QED) is 0.306. The molecule has 2 N–H and O–H groups in total. The Hall–Kier alpha value is -5.06. The van der Waals surface area contributed by atoms with E-state index in [1.165, 1.54) is 4.90 Å². The first-order valence-electron chi connectivity index (χ1n) is 17.1. The fraction of sp³-hybridized carbons (Fsp3) is 0.350. The third-order valence-electron chi connectivity index (χ3n) is 10.4. The Bertz CT molecular complexity index is 1820. The normalized spacial score (nSPS) is 29.5. The number of para-hydroxylation sites is 1. The SMILES string of the molecule is Cc1cccc(C)c1N1CC=C[C@@]23O[C@H]4/C=C\CCC(=O)OC[C@H](c5ccccc5)NC(=O)[C@H]4[C@@H]2C(=O)N([C@H](CO)c2ccccc2)[C@H]3C1=O. The first-order chi connectivity index (χ1) is 24.2. The van der Waals surface area contributed by atoms with E-state index in [0.29, 0.717) is 12.0 Å². The van der Waals surface area contributed by atoms with Crippen molar-refractivity contribution in [3.8, 4) is 0 Å². The molecule has 10 nitrogen and oxygen atoms in total. The molecule has 0 aliphatic carbocycles. The minimum Gasteiger partial charge on any atom is -0.463 e. The van der Waals surface area contributed by atoms with Crippen LogP contribution in [0.25, 0.3) is 0 Å². The predicted octanol–water partition coefficient (Wildman–Crippen LogP) is 4.27. The lowest BCUT2D eigenvalue weighted by molar-refractivity contribution is -0.146. The van der Waals surface area contributed by atoms with Crippen molar-refractivity contribution < 1.29 is 33.8 Å².